The summed E-state index contributed by atoms with van der Waals surface area (Å²) in [7, 11) is 0. The summed E-state index contributed by atoms with van der Waals surface area (Å²) in [6.45, 7) is 5.13. The standard InChI is InChI=1S/C24H31NO/c1-3-10-22(11-4-1)12-7-8-15-24(23-13-5-2-6-14-23)16-9-17-25-18-20-26-21-19-25/h1-6,10-11,13-15H,7-9,12,16-21H2. The summed E-state index contributed by atoms with van der Waals surface area (Å²) in [4.78, 5) is 2.53. The van der Waals surface area contributed by atoms with E-state index in [0.717, 1.165) is 45.6 Å². The number of rotatable bonds is 9. The van der Waals surface area contributed by atoms with Crippen LogP contribution in [0.4, 0.5) is 0 Å². The average Bonchev–Trinajstić information content (AvgIpc) is 2.72. The van der Waals surface area contributed by atoms with Crippen molar-refractivity contribution in [2.75, 3.05) is 32.8 Å². The Bertz CT molecular complexity index is 644. The smallest absolute Gasteiger partial charge is 0.0594 e. The van der Waals surface area contributed by atoms with E-state index in [0.29, 0.717) is 0 Å². The first kappa shape index (κ1) is 18.9. The van der Waals surface area contributed by atoms with Gasteiger partial charge in [0.2, 0.25) is 0 Å². The third kappa shape index (κ3) is 6.44. The monoisotopic (exact) mass is 349 g/mol. The van der Waals surface area contributed by atoms with Crippen molar-refractivity contribution in [3.05, 3.63) is 77.9 Å². The van der Waals surface area contributed by atoms with Crippen LogP contribution in [0.15, 0.2) is 66.7 Å². The molecule has 138 valence electrons. The molecule has 2 aromatic rings. The van der Waals surface area contributed by atoms with Crippen molar-refractivity contribution in [2.45, 2.75) is 32.1 Å². The topological polar surface area (TPSA) is 12.5 Å². The van der Waals surface area contributed by atoms with Crippen LogP contribution >= 0.6 is 0 Å². The van der Waals surface area contributed by atoms with Gasteiger partial charge in [-0.2, -0.15) is 0 Å². The highest BCUT2D eigenvalue weighted by Gasteiger charge is 2.10. The van der Waals surface area contributed by atoms with E-state index in [1.165, 1.54) is 36.1 Å². The molecule has 1 saturated heterocycles. The lowest BCUT2D eigenvalue weighted by Crippen LogP contribution is -2.36. The number of hydrogen-bond acceptors (Lipinski definition) is 2. The van der Waals surface area contributed by atoms with Gasteiger partial charge in [0, 0.05) is 13.1 Å². The first-order valence-electron chi connectivity index (χ1n) is 10.0. The predicted molar refractivity (Wildman–Crippen MR) is 110 cm³/mol. The Hall–Kier alpha value is -1.90. The van der Waals surface area contributed by atoms with E-state index < -0.39 is 0 Å². The molecule has 1 aliphatic heterocycles. The number of allylic oxidation sites excluding steroid dienone is 2. The molecular weight excluding hydrogens is 318 g/mol. The Morgan fingerprint density at radius 1 is 0.885 bits per heavy atom. The van der Waals surface area contributed by atoms with Crippen molar-refractivity contribution >= 4 is 5.57 Å². The van der Waals surface area contributed by atoms with Gasteiger partial charge in [-0.25, -0.2) is 0 Å². The fraction of sp³-hybridized carbons (Fsp3) is 0.417. The first-order chi connectivity index (χ1) is 12.9. The fourth-order valence-electron chi connectivity index (χ4n) is 3.56. The number of unbranched alkanes of at least 4 members (excludes halogenated alkanes) is 1. The van der Waals surface area contributed by atoms with Gasteiger partial charge < -0.3 is 4.74 Å². The summed E-state index contributed by atoms with van der Waals surface area (Å²) >= 11 is 0. The summed E-state index contributed by atoms with van der Waals surface area (Å²) in [6.07, 6.45) is 8.37. The van der Waals surface area contributed by atoms with Gasteiger partial charge in [0.05, 0.1) is 13.2 Å². The van der Waals surface area contributed by atoms with Crippen molar-refractivity contribution in [1.82, 2.24) is 4.90 Å². The Balaban J connectivity index is 1.51. The van der Waals surface area contributed by atoms with Crippen LogP contribution in [0.25, 0.3) is 5.57 Å². The molecule has 0 saturated carbocycles. The summed E-state index contributed by atoms with van der Waals surface area (Å²) in [5.41, 5.74) is 4.33. The quantitative estimate of drug-likeness (QED) is 0.577. The van der Waals surface area contributed by atoms with Gasteiger partial charge in [0.15, 0.2) is 0 Å². The zero-order valence-corrected chi connectivity index (χ0v) is 15.8. The van der Waals surface area contributed by atoms with E-state index in [9.17, 15) is 0 Å². The zero-order valence-electron chi connectivity index (χ0n) is 15.8. The predicted octanol–water partition coefficient (Wildman–Crippen LogP) is 5.21. The van der Waals surface area contributed by atoms with Gasteiger partial charge >= 0.3 is 0 Å². The maximum Gasteiger partial charge on any atom is 0.0594 e. The number of hydrogen-bond donors (Lipinski definition) is 0. The largest absolute Gasteiger partial charge is 0.379 e. The molecule has 1 fully saturated rings. The zero-order chi connectivity index (χ0) is 17.9. The van der Waals surface area contributed by atoms with Crippen LogP contribution in [-0.4, -0.2) is 37.7 Å². The normalized spacial score (nSPS) is 15.9. The second kappa shape index (κ2) is 10.9. The molecule has 26 heavy (non-hydrogen) atoms. The molecule has 1 aliphatic rings. The van der Waals surface area contributed by atoms with Crippen LogP contribution < -0.4 is 0 Å². The molecule has 0 aromatic heterocycles. The van der Waals surface area contributed by atoms with Crippen molar-refractivity contribution in [3.8, 4) is 0 Å². The summed E-state index contributed by atoms with van der Waals surface area (Å²) in [5, 5.41) is 0. The highest BCUT2D eigenvalue weighted by atomic mass is 16.5. The Morgan fingerprint density at radius 2 is 1.58 bits per heavy atom. The second-order valence-electron chi connectivity index (χ2n) is 7.03. The van der Waals surface area contributed by atoms with E-state index in [-0.39, 0.29) is 0 Å². The molecule has 0 atom stereocenters. The lowest BCUT2D eigenvalue weighted by Gasteiger charge is -2.26. The van der Waals surface area contributed by atoms with Crippen molar-refractivity contribution in [2.24, 2.45) is 0 Å². The van der Waals surface area contributed by atoms with Crippen molar-refractivity contribution in [3.63, 3.8) is 0 Å². The Labute approximate surface area is 158 Å². The Kier molecular flexibility index (Phi) is 7.95. The SMILES string of the molecule is C(CCCc1ccccc1)=C(CCCN1CCOCC1)c1ccccc1. The molecule has 2 nitrogen and oxygen atoms in total. The minimum Gasteiger partial charge on any atom is -0.379 e. The maximum atomic E-state index is 5.45. The number of ether oxygens (including phenoxy) is 1. The second-order valence-corrected chi connectivity index (χ2v) is 7.03. The van der Waals surface area contributed by atoms with E-state index >= 15 is 0 Å². The minimum absolute atomic E-state index is 0.890. The van der Waals surface area contributed by atoms with E-state index in [4.69, 9.17) is 4.74 Å². The van der Waals surface area contributed by atoms with E-state index in [2.05, 4.69) is 71.6 Å². The molecule has 0 unspecified atom stereocenters. The molecule has 0 bridgehead atoms. The van der Waals surface area contributed by atoms with Crippen LogP contribution in [0.1, 0.15) is 36.8 Å². The van der Waals surface area contributed by atoms with Crippen molar-refractivity contribution in [1.29, 1.82) is 0 Å². The van der Waals surface area contributed by atoms with Gasteiger partial charge in [-0.05, 0) is 55.3 Å². The molecule has 0 spiro atoms. The molecule has 1 heterocycles. The van der Waals surface area contributed by atoms with Crippen LogP contribution in [-0.2, 0) is 11.2 Å². The fourth-order valence-corrected chi connectivity index (χ4v) is 3.56. The van der Waals surface area contributed by atoms with Crippen LogP contribution in [0.3, 0.4) is 0 Å². The third-order valence-electron chi connectivity index (χ3n) is 5.07. The van der Waals surface area contributed by atoms with E-state index in [1.54, 1.807) is 0 Å². The lowest BCUT2D eigenvalue weighted by atomic mass is 9.98. The maximum absolute atomic E-state index is 5.45. The first-order valence-corrected chi connectivity index (χ1v) is 10.0. The summed E-state index contributed by atoms with van der Waals surface area (Å²) in [5.74, 6) is 0. The number of aryl methyl sites for hydroxylation is 1. The summed E-state index contributed by atoms with van der Waals surface area (Å²) < 4.78 is 5.45. The van der Waals surface area contributed by atoms with Gasteiger partial charge in [-0.15, -0.1) is 0 Å². The van der Waals surface area contributed by atoms with Gasteiger partial charge in [0.25, 0.3) is 0 Å². The molecule has 2 aromatic carbocycles. The van der Waals surface area contributed by atoms with Gasteiger partial charge in [-0.3, -0.25) is 4.90 Å². The Morgan fingerprint density at radius 3 is 2.31 bits per heavy atom. The van der Waals surface area contributed by atoms with Crippen LogP contribution in [0.2, 0.25) is 0 Å². The highest BCUT2D eigenvalue weighted by molar-refractivity contribution is 5.65. The van der Waals surface area contributed by atoms with Crippen LogP contribution in [0, 0.1) is 0 Å². The van der Waals surface area contributed by atoms with Gasteiger partial charge in [0.1, 0.15) is 0 Å². The number of nitrogens with zero attached hydrogens (tertiary/aromatic N) is 1. The highest BCUT2D eigenvalue weighted by Crippen LogP contribution is 2.21. The molecule has 2 heteroatoms. The van der Waals surface area contributed by atoms with Crippen LogP contribution in [0.5, 0.6) is 0 Å². The lowest BCUT2D eigenvalue weighted by molar-refractivity contribution is 0.0376. The van der Waals surface area contributed by atoms with E-state index in [1.807, 2.05) is 0 Å². The number of morpholine rings is 1. The van der Waals surface area contributed by atoms with Gasteiger partial charge in [-0.1, -0.05) is 66.7 Å². The van der Waals surface area contributed by atoms with Crippen molar-refractivity contribution < 1.29 is 4.74 Å². The molecular formula is C24H31NO. The molecule has 0 N–H and O–H groups in total. The molecule has 0 radical (unpaired) electrons. The third-order valence-corrected chi connectivity index (χ3v) is 5.07. The molecule has 0 aliphatic carbocycles. The molecule has 3 rings (SSSR count). The number of benzene rings is 2. The summed E-state index contributed by atoms with van der Waals surface area (Å²) in [6, 6.07) is 21.7. The minimum atomic E-state index is 0.890. The average molecular weight is 350 g/mol. The molecule has 0 amide bonds.